The molecule has 6 aliphatic carbocycles. The summed E-state index contributed by atoms with van der Waals surface area (Å²) in [5, 5.41) is 0. The maximum absolute atomic E-state index is 12.8. The van der Waals surface area contributed by atoms with Crippen LogP contribution in [-0.4, -0.2) is 50.3 Å². The Morgan fingerprint density at radius 1 is 0.800 bits per heavy atom. The number of hydrogen-bond acceptors (Lipinski definition) is 8. The maximum Gasteiger partial charge on any atom is 0.334 e. The van der Waals surface area contributed by atoms with Crippen LogP contribution in [0.3, 0.4) is 0 Å². The average molecular weight is 475 g/mol. The summed E-state index contributed by atoms with van der Waals surface area (Å²) in [6.07, 6.45) is 0.966. The fourth-order valence-corrected chi connectivity index (χ4v) is 8.60. The molecular weight excluding hydrogens is 448 g/mol. The topological polar surface area (TPSA) is 96.8 Å². The van der Waals surface area contributed by atoms with E-state index in [0.717, 1.165) is 17.7 Å². The van der Waals surface area contributed by atoms with Crippen molar-refractivity contribution < 1.29 is 28.5 Å². The minimum absolute atomic E-state index is 0.0166. The molecule has 0 radical (unpaired) electrons. The third-order valence-electron chi connectivity index (χ3n) is 9.39. The predicted molar refractivity (Wildman–Crippen MR) is 122 cm³/mol. The van der Waals surface area contributed by atoms with E-state index in [1.807, 2.05) is 0 Å². The number of carbonyl (C=O) groups excluding carboxylic acids is 2. The van der Waals surface area contributed by atoms with Crippen LogP contribution in [0.5, 0.6) is 11.9 Å². The summed E-state index contributed by atoms with van der Waals surface area (Å²) >= 11 is 0. The molecule has 8 atom stereocenters. The van der Waals surface area contributed by atoms with Gasteiger partial charge in [-0.2, -0.15) is 9.97 Å². The molecule has 0 amide bonds. The first kappa shape index (κ1) is 20.9. The molecule has 1 aromatic carbocycles. The molecule has 8 rings (SSSR count). The Bertz CT molecular complexity index is 1330. The monoisotopic (exact) mass is 474 g/mol. The summed E-state index contributed by atoms with van der Waals surface area (Å²) in [6, 6.07) is 8.87. The van der Waals surface area contributed by atoms with Gasteiger partial charge in [-0.1, -0.05) is 24.3 Å². The van der Waals surface area contributed by atoms with Gasteiger partial charge in [0, 0.05) is 29.2 Å². The molecule has 2 aromatic rings. The zero-order valence-corrected chi connectivity index (χ0v) is 20.0. The highest BCUT2D eigenvalue weighted by molar-refractivity contribution is 6.04. The van der Waals surface area contributed by atoms with E-state index in [0.29, 0.717) is 34.9 Å². The van der Waals surface area contributed by atoms with E-state index in [9.17, 15) is 9.59 Å². The number of rotatable bonds is 4. The van der Waals surface area contributed by atoms with Gasteiger partial charge in [-0.15, -0.1) is 0 Å². The Kier molecular flexibility index (Phi) is 4.22. The molecule has 4 bridgehead atoms. The molecular formula is C27H26N2O6. The van der Waals surface area contributed by atoms with Gasteiger partial charge in [0.05, 0.1) is 45.3 Å². The summed E-state index contributed by atoms with van der Waals surface area (Å²) in [5.41, 5.74) is 5.62. The van der Waals surface area contributed by atoms with Gasteiger partial charge in [0.1, 0.15) is 0 Å². The second-order valence-electron chi connectivity index (χ2n) is 10.2. The number of aromatic nitrogens is 2. The van der Waals surface area contributed by atoms with Crippen LogP contribution in [0.15, 0.2) is 35.4 Å². The Hall–Kier alpha value is -3.42. The SMILES string of the molecule is COC(=O)C1=C(C(=O)OC)[C@H]2[C@H]3C[C@@H]([C@@H]12)[C@@H]1[C@H]2c4ccccc4[C@H](c4c(OC)nc(OC)nc42)[C@H]31. The van der Waals surface area contributed by atoms with Gasteiger partial charge in [-0.25, -0.2) is 9.59 Å². The van der Waals surface area contributed by atoms with Gasteiger partial charge in [0.15, 0.2) is 0 Å². The zero-order valence-electron chi connectivity index (χ0n) is 20.0. The largest absolute Gasteiger partial charge is 0.481 e. The van der Waals surface area contributed by atoms with Crippen LogP contribution in [0.2, 0.25) is 0 Å². The van der Waals surface area contributed by atoms with Crippen molar-refractivity contribution in [2.75, 3.05) is 28.4 Å². The molecule has 2 saturated carbocycles. The lowest BCUT2D eigenvalue weighted by Crippen LogP contribution is -2.53. The summed E-state index contributed by atoms with van der Waals surface area (Å²) in [6.45, 7) is 0. The first-order chi connectivity index (χ1) is 17.0. The van der Waals surface area contributed by atoms with Gasteiger partial charge >= 0.3 is 17.9 Å². The normalized spacial score (nSPS) is 34.3. The van der Waals surface area contributed by atoms with Gasteiger partial charge in [-0.3, -0.25) is 0 Å². The molecule has 8 heteroatoms. The van der Waals surface area contributed by atoms with E-state index in [1.165, 1.54) is 25.3 Å². The molecule has 6 aliphatic rings. The minimum Gasteiger partial charge on any atom is -0.481 e. The van der Waals surface area contributed by atoms with Gasteiger partial charge in [-0.05, 0) is 41.2 Å². The highest BCUT2D eigenvalue weighted by atomic mass is 16.5. The van der Waals surface area contributed by atoms with Crippen LogP contribution in [0.4, 0.5) is 0 Å². The molecule has 1 heterocycles. The van der Waals surface area contributed by atoms with Crippen LogP contribution in [0.1, 0.15) is 40.6 Å². The second kappa shape index (κ2) is 7.06. The molecule has 0 saturated heterocycles. The number of hydrogen-bond donors (Lipinski definition) is 0. The number of ether oxygens (including phenoxy) is 4. The maximum atomic E-state index is 12.8. The highest BCUT2D eigenvalue weighted by Crippen LogP contribution is 2.76. The van der Waals surface area contributed by atoms with Crippen molar-refractivity contribution in [3.05, 3.63) is 57.8 Å². The first-order valence-corrected chi connectivity index (χ1v) is 12.0. The van der Waals surface area contributed by atoms with E-state index in [4.69, 9.17) is 23.9 Å². The number of esters is 2. The standard InChI is InChI=1S/C27H26N2O6/c1-32-24-22-14-10-7-5-6-8-11(10)19(23(22)28-27(29-24)35-4)16-13-9-12(15(14)16)17-18(13)21(26(31)34-3)20(17)25(30)33-2/h5-8,12-19H,9H2,1-4H3/t12-,13+,14-,15-,16-,17-,18+,19+/m0/s1. The van der Waals surface area contributed by atoms with E-state index in [1.54, 1.807) is 14.2 Å². The summed E-state index contributed by atoms with van der Waals surface area (Å²) in [7, 11) is 5.95. The minimum atomic E-state index is -0.414. The average Bonchev–Trinajstić information content (AvgIpc) is 3.41. The summed E-state index contributed by atoms with van der Waals surface area (Å²) in [4.78, 5) is 35.0. The molecule has 1 aromatic heterocycles. The van der Waals surface area contributed by atoms with Crippen LogP contribution in [-0.2, 0) is 19.1 Å². The van der Waals surface area contributed by atoms with Crippen molar-refractivity contribution in [1.82, 2.24) is 9.97 Å². The van der Waals surface area contributed by atoms with Gasteiger partial charge in [0.25, 0.3) is 0 Å². The van der Waals surface area contributed by atoms with E-state index >= 15 is 0 Å². The molecule has 0 N–H and O–H groups in total. The lowest BCUT2D eigenvalue weighted by molar-refractivity contribution is -0.144. The predicted octanol–water partition coefficient (Wildman–Crippen LogP) is 2.86. The molecule has 2 fully saturated rings. The number of carbonyl (C=O) groups is 2. The first-order valence-electron chi connectivity index (χ1n) is 12.0. The Balaban J connectivity index is 1.44. The summed E-state index contributed by atoms with van der Waals surface area (Å²) in [5.74, 6) is 1.01. The molecule has 0 aliphatic heterocycles. The van der Waals surface area contributed by atoms with Gasteiger partial charge < -0.3 is 18.9 Å². The Morgan fingerprint density at radius 3 is 1.91 bits per heavy atom. The molecule has 0 spiro atoms. The van der Waals surface area contributed by atoms with Gasteiger partial charge in [0.2, 0.25) is 5.88 Å². The second-order valence-corrected chi connectivity index (χ2v) is 10.2. The Morgan fingerprint density at radius 2 is 1.37 bits per heavy atom. The number of nitrogens with zero attached hydrogens (tertiary/aromatic N) is 2. The van der Waals surface area contributed by atoms with Crippen molar-refractivity contribution in [2.24, 2.45) is 35.5 Å². The third-order valence-corrected chi connectivity index (χ3v) is 9.39. The van der Waals surface area contributed by atoms with Crippen LogP contribution >= 0.6 is 0 Å². The van der Waals surface area contributed by atoms with E-state index in [-0.39, 0.29) is 35.5 Å². The lowest BCUT2D eigenvalue weighted by Gasteiger charge is -2.57. The van der Waals surface area contributed by atoms with Crippen molar-refractivity contribution in [3.63, 3.8) is 0 Å². The van der Waals surface area contributed by atoms with E-state index < -0.39 is 11.9 Å². The number of fused-ring (bicyclic) bond motifs is 5. The quantitative estimate of drug-likeness (QED) is 0.624. The smallest absolute Gasteiger partial charge is 0.334 e. The zero-order chi connectivity index (χ0) is 24.2. The van der Waals surface area contributed by atoms with Crippen molar-refractivity contribution in [1.29, 1.82) is 0 Å². The van der Waals surface area contributed by atoms with Crippen molar-refractivity contribution in [2.45, 2.75) is 18.3 Å². The Labute approximate surface area is 202 Å². The number of benzene rings is 1. The fourth-order valence-electron chi connectivity index (χ4n) is 8.60. The molecule has 8 nitrogen and oxygen atoms in total. The van der Waals surface area contributed by atoms with Crippen LogP contribution in [0, 0.1) is 35.5 Å². The highest BCUT2D eigenvalue weighted by Gasteiger charge is 2.72. The van der Waals surface area contributed by atoms with E-state index in [2.05, 4.69) is 29.2 Å². The van der Waals surface area contributed by atoms with Crippen molar-refractivity contribution >= 4 is 11.9 Å². The van der Waals surface area contributed by atoms with Crippen LogP contribution in [0.25, 0.3) is 0 Å². The summed E-state index contributed by atoms with van der Waals surface area (Å²) < 4.78 is 21.4. The number of methoxy groups -OCH3 is 4. The van der Waals surface area contributed by atoms with Crippen molar-refractivity contribution in [3.8, 4) is 11.9 Å². The molecule has 35 heavy (non-hydrogen) atoms. The lowest BCUT2D eigenvalue weighted by atomic mass is 9.46. The molecule has 0 unspecified atom stereocenters. The third kappa shape index (κ3) is 2.33. The van der Waals surface area contributed by atoms with Crippen LogP contribution < -0.4 is 9.47 Å². The fraction of sp³-hybridized carbons (Fsp3) is 0.481. The molecule has 180 valence electrons.